The molecule has 0 radical (unpaired) electrons. The van der Waals surface area contributed by atoms with Gasteiger partial charge in [0.2, 0.25) is 5.88 Å². The highest BCUT2D eigenvalue weighted by Crippen LogP contribution is 2.35. The first-order valence-electron chi connectivity index (χ1n) is 5.72. The number of fused-ring (bicyclic) bond motifs is 1. The minimum Gasteiger partial charge on any atom is -0.477 e. The molecule has 0 fully saturated rings. The van der Waals surface area contributed by atoms with Crippen molar-refractivity contribution >= 4 is 27.5 Å². The zero-order valence-corrected chi connectivity index (χ0v) is 11.2. The number of carboxylic acid groups (broad SMARTS) is 1. The molecule has 0 spiro atoms. The van der Waals surface area contributed by atoms with Crippen LogP contribution < -0.4 is 4.74 Å². The van der Waals surface area contributed by atoms with E-state index in [1.54, 1.807) is 31.5 Å². The number of rotatable bonds is 3. The summed E-state index contributed by atoms with van der Waals surface area (Å²) in [4.78, 5) is 24.2. The fraction of sp³-hybridized carbons (Fsp3) is 0.0769. The Balaban J connectivity index is 2.14. The maximum absolute atomic E-state index is 11.2. The fourth-order valence-electron chi connectivity index (χ4n) is 1.84. The maximum atomic E-state index is 11.2. The van der Waals surface area contributed by atoms with E-state index in [4.69, 9.17) is 9.84 Å². The Labute approximate surface area is 117 Å². The minimum atomic E-state index is -0.974. The molecule has 0 amide bonds. The van der Waals surface area contributed by atoms with Gasteiger partial charge in [-0.2, -0.15) is 0 Å². The van der Waals surface area contributed by atoms with Crippen molar-refractivity contribution in [1.29, 1.82) is 0 Å². The third-order valence-electron chi connectivity index (χ3n) is 2.74. The Morgan fingerprint density at radius 1 is 1.40 bits per heavy atom. The first-order valence-corrected chi connectivity index (χ1v) is 6.53. The van der Waals surface area contributed by atoms with E-state index in [1.807, 2.05) is 0 Å². The number of pyridine rings is 1. The van der Waals surface area contributed by atoms with Gasteiger partial charge in [-0.05, 0) is 24.6 Å². The van der Waals surface area contributed by atoms with Crippen LogP contribution in [0.4, 0.5) is 0 Å². The number of carboxylic acids is 1. The molecule has 0 aliphatic heterocycles. The monoisotopic (exact) mass is 287 g/mol. The van der Waals surface area contributed by atoms with Crippen LogP contribution in [0.2, 0.25) is 0 Å². The first kappa shape index (κ1) is 12.5. The van der Waals surface area contributed by atoms with Crippen LogP contribution in [0, 0.1) is 6.92 Å². The van der Waals surface area contributed by atoms with E-state index in [0.29, 0.717) is 27.4 Å². The third-order valence-corrected chi connectivity index (χ3v) is 3.92. The number of ether oxygens (including phenoxy) is 1. The van der Waals surface area contributed by atoms with Crippen LogP contribution in [-0.4, -0.2) is 26.0 Å². The average molecular weight is 287 g/mol. The van der Waals surface area contributed by atoms with Crippen LogP contribution in [0.1, 0.15) is 15.2 Å². The van der Waals surface area contributed by atoms with Gasteiger partial charge in [-0.15, -0.1) is 11.3 Å². The zero-order chi connectivity index (χ0) is 14.1. The number of hydrogen-bond donors (Lipinski definition) is 1. The molecule has 6 nitrogen and oxygen atoms in total. The summed E-state index contributed by atoms with van der Waals surface area (Å²) in [7, 11) is 0. The summed E-state index contributed by atoms with van der Waals surface area (Å²) < 4.78 is 5.67. The normalized spacial score (nSPS) is 10.7. The third kappa shape index (κ3) is 2.08. The van der Waals surface area contributed by atoms with Crippen LogP contribution >= 0.6 is 11.3 Å². The molecule has 0 saturated carbocycles. The van der Waals surface area contributed by atoms with Crippen molar-refractivity contribution in [2.24, 2.45) is 0 Å². The van der Waals surface area contributed by atoms with Crippen molar-refractivity contribution in [2.75, 3.05) is 0 Å². The lowest BCUT2D eigenvalue weighted by molar-refractivity contribution is 0.0701. The minimum absolute atomic E-state index is 0.247. The van der Waals surface area contributed by atoms with Gasteiger partial charge in [0.1, 0.15) is 21.8 Å². The maximum Gasteiger partial charge on any atom is 0.346 e. The van der Waals surface area contributed by atoms with Crippen molar-refractivity contribution in [3.8, 4) is 11.6 Å². The van der Waals surface area contributed by atoms with Crippen molar-refractivity contribution in [3.63, 3.8) is 0 Å². The summed E-state index contributed by atoms with van der Waals surface area (Å²) >= 11 is 1.11. The second kappa shape index (κ2) is 4.86. The number of thiophene rings is 1. The molecule has 1 N–H and O–H groups in total. The van der Waals surface area contributed by atoms with E-state index in [2.05, 4.69) is 15.0 Å². The highest BCUT2D eigenvalue weighted by atomic mass is 32.1. The van der Waals surface area contributed by atoms with E-state index in [0.717, 1.165) is 11.3 Å². The van der Waals surface area contributed by atoms with Crippen molar-refractivity contribution in [3.05, 3.63) is 41.3 Å². The number of nitrogens with zero attached hydrogens (tertiary/aromatic N) is 3. The molecule has 3 rings (SSSR count). The SMILES string of the molecule is Cc1c(C(=O)O)sc2ncnc(Oc3cccnc3)c12. The Bertz CT molecular complexity index is 786. The summed E-state index contributed by atoms with van der Waals surface area (Å²) in [5.74, 6) is -0.1000. The molecular weight excluding hydrogens is 278 g/mol. The molecule has 3 aromatic heterocycles. The molecule has 0 bridgehead atoms. The number of hydrogen-bond acceptors (Lipinski definition) is 6. The summed E-state index contributed by atoms with van der Waals surface area (Å²) in [6.07, 6.45) is 4.56. The Kier molecular flexibility index (Phi) is 3.03. The van der Waals surface area contributed by atoms with Crippen LogP contribution in [0.25, 0.3) is 10.2 Å². The fourth-order valence-corrected chi connectivity index (χ4v) is 2.82. The molecule has 3 aromatic rings. The summed E-state index contributed by atoms with van der Waals surface area (Å²) in [5, 5.41) is 9.78. The highest BCUT2D eigenvalue weighted by molar-refractivity contribution is 7.20. The standard InChI is InChI=1S/C13H9N3O3S/c1-7-9-11(19-8-3-2-4-14-5-8)15-6-16-12(9)20-10(7)13(17)18/h2-6H,1H3,(H,17,18). The summed E-state index contributed by atoms with van der Waals surface area (Å²) in [6.45, 7) is 1.72. The number of aryl methyl sites for hydroxylation is 1. The Morgan fingerprint density at radius 2 is 2.25 bits per heavy atom. The van der Waals surface area contributed by atoms with Crippen LogP contribution in [0.5, 0.6) is 11.6 Å². The molecule has 0 unspecified atom stereocenters. The topological polar surface area (TPSA) is 85.2 Å². The predicted molar refractivity (Wildman–Crippen MR) is 73.4 cm³/mol. The average Bonchev–Trinajstić information content (AvgIpc) is 2.79. The Hall–Kier alpha value is -2.54. The van der Waals surface area contributed by atoms with Gasteiger partial charge < -0.3 is 9.84 Å². The molecule has 7 heteroatoms. The van der Waals surface area contributed by atoms with E-state index in [9.17, 15) is 4.79 Å². The largest absolute Gasteiger partial charge is 0.477 e. The van der Waals surface area contributed by atoms with E-state index < -0.39 is 5.97 Å². The number of aromatic nitrogens is 3. The molecular formula is C13H9N3O3S. The predicted octanol–water partition coefficient (Wildman–Crippen LogP) is 2.89. The quantitative estimate of drug-likeness (QED) is 0.797. The van der Waals surface area contributed by atoms with E-state index in [1.165, 1.54) is 6.33 Å². The van der Waals surface area contributed by atoms with Gasteiger partial charge in [0, 0.05) is 6.20 Å². The molecule has 100 valence electrons. The van der Waals surface area contributed by atoms with Crippen molar-refractivity contribution < 1.29 is 14.6 Å². The number of carbonyl (C=O) groups is 1. The van der Waals surface area contributed by atoms with E-state index in [-0.39, 0.29) is 4.88 Å². The van der Waals surface area contributed by atoms with Crippen LogP contribution in [-0.2, 0) is 0 Å². The molecule has 3 heterocycles. The van der Waals surface area contributed by atoms with E-state index >= 15 is 0 Å². The molecule has 20 heavy (non-hydrogen) atoms. The lowest BCUT2D eigenvalue weighted by atomic mass is 10.2. The van der Waals surface area contributed by atoms with Crippen LogP contribution in [0.3, 0.4) is 0 Å². The van der Waals surface area contributed by atoms with Gasteiger partial charge in [-0.3, -0.25) is 4.98 Å². The van der Waals surface area contributed by atoms with Gasteiger partial charge in [0.05, 0.1) is 11.6 Å². The second-order valence-corrected chi connectivity index (χ2v) is 5.01. The molecule has 0 aromatic carbocycles. The molecule has 0 saturated heterocycles. The summed E-state index contributed by atoms with van der Waals surface area (Å²) in [6, 6.07) is 3.50. The first-order chi connectivity index (χ1) is 9.66. The lowest BCUT2D eigenvalue weighted by Crippen LogP contribution is -1.95. The van der Waals surface area contributed by atoms with Gasteiger partial charge in [0.15, 0.2) is 0 Å². The van der Waals surface area contributed by atoms with Gasteiger partial charge in [-0.25, -0.2) is 14.8 Å². The molecule has 0 atom stereocenters. The second-order valence-electron chi connectivity index (χ2n) is 4.01. The van der Waals surface area contributed by atoms with Crippen molar-refractivity contribution in [2.45, 2.75) is 6.92 Å². The molecule has 0 aliphatic rings. The van der Waals surface area contributed by atoms with Gasteiger partial charge >= 0.3 is 5.97 Å². The number of aromatic carboxylic acids is 1. The zero-order valence-electron chi connectivity index (χ0n) is 10.4. The van der Waals surface area contributed by atoms with Gasteiger partial charge in [0.25, 0.3) is 0 Å². The smallest absolute Gasteiger partial charge is 0.346 e. The summed E-state index contributed by atoms with van der Waals surface area (Å²) in [5.41, 5.74) is 0.608. The van der Waals surface area contributed by atoms with Crippen LogP contribution in [0.15, 0.2) is 30.9 Å². The van der Waals surface area contributed by atoms with Gasteiger partial charge in [-0.1, -0.05) is 0 Å². The molecule has 0 aliphatic carbocycles. The Morgan fingerprint density at radius 3 is 2.95 bits per heavy atom. The van der Waals surface area contributed by atoms with Crippen molar-refractivity contribution in [1.82, 2.24) is 15.0 Å². The lowest BCUT2D eigenvalue weighted by Gasteiger charge is -2.05. The highest BCUT2D eigenvalue weighted by Gasteiger charge is 2.19.